The molecule has 7 nitrogen and oxygen atoms in total. The molecule has 0 fully saturated rings. The normalized spacial score (nSPS) is 12.9. The van der Waals surface area contributed by atoms with Crippen LogP contribution in [0.15, 0.2) is 59.7 Å². The van der Waals surface area contributed by atoms with Crippen molar-refractivity contribution < 1.29 is 18.8 Å². The topological polar surface area (TPSA) is 99.7 Å². The molecule has 0 radical (unpaired) electrons. The van der Waals surface area contributed by atoms with E-state index in [9.17, 15) is 18.8 Å². The molecule has 3 amide bonds. The largest absolute Gasteiger partial charge is 0.346 e. The summed E-state index contributed by atoms with van der Waals surface area (Å²) >= 11 is 0. The minimum atomic E-state index is -0.782. The maximum atomic E-state index is 13.2. The third-order valence-electron chi connectivity index (χ3n) is 4.83. The Morgan fingerprint density at radius 1 is 1.00 bits per heavy atom. The summed E-state index contributed by atoms with van der Waals surface area (Å²) in [6.45, 7) is 5.25. The first-order valence-electron chi connectivity index (χ1n) is 10.9. The highest BCUT2D eigenvalue weighted by Crippen LogP contribution is 2.10. The molecular formula is C25H31FN4O3. The Hall–Kier alpha value is -3.55. The number of carbonyl (C=O) groups is 3. The fourth-order valence-corrected chi connectivity index (χ4v) is 3.20. The van der Waals surface area contributed by atoms with E-state index in [0.717, 1.165) is 5.56 Å². The minimum Gasteiger partial charge on any atom is -0.346 e. The van der Waals surface area contributed by atoms with Crippen molar-refractivity contribution >= 4 is 23.9 Å². The molecule has 0 heterocycles. The van der Waals surface area contributed by atoms with Crippen LogP contribution in [0.3, 0.4) is 0 Å². The van der Waals surface area contributed by atoms with Crippen LogP contribution in [0.25, 0.3) is 0 Å². The van der Waals surface area contributed by atoms with Gasteiger partial charge in [0, 0.05) is 18.7 Å². The molecule has 2 aromatic carbocycles. The predicted molar refractivity (Wildman–Crippen MR) is 126 cm³/mol. The van der Waals surface area contributed by atoms with Crippen molar-refractivity contribution in [3.63, 3.8) is 0 Å². The zero-order valence-electron chi connectivity index (χ0n) is 19.2. The van der Waals surface area contributed by atoms with E-state index in [1.807, 2.05) is 44.2 Å². The van der Waals surface area contributed by atoms with E-state index < -0.39 is 23.8 Å². The minimum absolute atomic E-state index is 0.144. The number of benzene rings is 2. The Bertz CT molecular complexity index is 946. The molecule has 2 aromatic rings. The number of hydrogen-bond donors (Lipinski definition) is 3. The summed E-state index contributed by atoms with van der Waals surface area (Å²) in [7, 11) is 0. The van der Waals surface area contributed by atoms with E-state index >= 15 is 0 Å². The Morgan fingerprint density at radius 3 is 2.27 bits per heavy atom. The van der Waals surface area contributed by atoms with Crippen molar-refractivity contribution in [3.8, 4) is 0 Å². The zero-order chi connectivity index (χ0) is 24.2. The number of rotatable bonds is 11. The number of nitrogens with zero attached hydrogens (tertiary/aromatic N) is 1. The Kier molecular flexibility index (Phi) is 10.2. The van der Waals surface area contributed by atoms with Gasteiger partial charge in [-0.15, -0.1) is 0 Å². The summed E-state index contributed by atoms with van der Waals surface area (Å²) < 4.78 is 13.2. The van der Waals surface area contributed by atoms with Gasteiger partial charge in [0.15, 0.2) is 0 Å². The van der Waals surface area contributed by atoms with E-state index in [0.29, 0.717) is 19.3 Å². The van der Waals surface area contributed by atoms with Gasteiger partial charge >= 0.3 is 0 Å². The SMILES string of the molecule is CC(=O)N/N=C/[C@H](CCc1ccccc1)NC(=O)[C@H](CC(C)C)NC(=O)c1ccc(F)cc1. The van der Waals surface area contributed by atoms with Gasteiger partial charge in [0.2, 0.25) is 11.8 Å². The van der Waals surface area contributed by atoms with Crippen molar-refractivity contribution in [1.82, 2.24) is 16.1 Å². The van der Waals surface area contributed by atoms with Crippen LogP contribution in [0.4, 0.5) is 4.39 Å². The molecule has 0 aliphatic rings. The molecule has 33 heavy (non-hydrogen) atoms. The summed E-state index contributed by atoms with van der Waals surface area (Å²) in [6.07, 6.45) is 3.15. The second-order valence-electron chi connectivity index (χ2n) is 8.25. The third-order valence-corrected chi connectivity index (χ3v) is 4.83. The molecule has 0 saturated heterocycles. The molecule has 0 bridgehead atoms. The second kappa shape index (κ2) is 13.1. The van der Waals surface area contributed by atoms with Gasteiger partial charge in [-0.2, -0.15) is 5.10 Å². The molecule has 8 heteroatoms. The number of carbonyl (C=O) groups excluding carboxylic acids is 3. The van der Waals surface area contributed by atoms with Gasteiger partial charge in [-0.3, -0.25) is 14.4 Å². The van der Waals surface area contributed by atoms with Gasteiger partial charge < -0.3 is 10.6 Å². The van der Waals surface area contributed by atoms with Crippen molar-refractivity contribution in [2.75, 3.05) is 0 Å². The molecule has 3 N–H and O–H groups in total. The maximum Gasteiger partial charge on any atom is 0.251 e. The van der Waals surface area contributed by atoms with Crippen LogP contribution < -0.4 is 16.1 Å². The van der Waals surface area contributed by atoms with Crippen LogP contribution in [0.2, 0.25) is 0 Å². The second-order valence-corrected chi connectivity index (χ2v) is 8.25. The quantitative estimate of drug-likeness (QED) is 0.359. The predicted octanol–water partition coefficient (Wildman–Crippen LogP) is 3.21. The summed E-state index contributed by atoms with van der Waals surface area (Å²) in [6, 6.07) is 13.7. The van der Waals surface area contributed by atoms with Crippen molar-refractivity contribution in [2.45, 2.75) is 52.1 Å². The standard InChI is InChI=1S/C25H31FN4O3/c1-17(2)15-23(29-24(32)20-10-12-21(26)13-11-20)25(33)28-22(16-27-30-18(3)31)14-9-19-7-5-4-6-8-19/h4-8,10-13,16-17,22-23H,9,14-15H2,1-3H3,(H,28,33)(H,29,32)(H,30,31)/b27-16+/t22-,23-/m0/s1. The molecule has 0 aliphatic heterocycles. The molecule has 0 saturated carbocycles. The monoisotopic (exact) mass is 454 g/mol. The smallest absolute Gasteiger partial charge is 0.251 e. The lowest BCUT2D eigenvalue weighted by Gasteiger charge is -2.23. The molecule has 0 spiro atoms. The van der Waals surface area contributed by atoms with Crippen LogP contribution in [-0.4, -0.2) is 36.0 Å². The number of hydrazone groups is 1. The first-order chi connectivity index (χ1) is 15.7. The Morgan fingerprint density at radius 2 is 1.67 bits per heavy atom. The Labute approximate surface area is 193 Å². The van der Waals surface area contributed by atoms with E-state index in [2.05, 4.69) is 21.2 Å². The van der Waals surface area contributed by atoms with Gasteiger partial charge in [-0.25, -0.2) is 9.82 Å². The summed E-state index contributed by atoms with van der Waals surface area (Å²) in [5.41, 5.74) is 3.72. The highest BCUT2D eigenvalue weighted by molar-refractivity contribution is 5.97. The molecule has 2 atom stereocenters. The maximum absolute atomic E-state index is 13.2. The number of nitrogens with one attached hydrogen (secondary N) is 3. The third kappa shape index (κ3) is 9.64. The molecule has 176 valence electrons. The number of aryl methyl sites for hydroxylation is 1. The van der Waals surface area contributed by atoms with E-state index in [1.165, 1.54) is 37.4 Å². The molecular weight excluding hydrogens is 423 g/mol. The van der Waals surface area contributed by atoms with Crippen LogP contribution in [0.5, 0.6) is 0 Å². The van der Waals surface area contributed by atoms with Gasteiger partial charge in [-0.1, -0.05) is 44.2 Å². The summed E-state index contributed by atoms with van der Waals surface area (Å²) in [5, 5.41) is 9.58. The highest BCUT2D eigenvalue weighted by Gasteiger charge is 2.24. The molecule has 0 aliphatic carbocycles. The van der Waals surface area contributed by atoms with Gasteiger partial charge in [0.05, 0.1) is 6.04 Å². The van der Waals surface area contributed by atoms with Crippen molar-refractivity contribution in [1.29, 1.82) is 0 Å². The molecule has 0 aromatic heterocycles. The van der Waals surface area contributed by atoms with Gasteiger partial charge in [0.25, 0.3) is 5.91 Å². The first kappa shape index (κ1) is 25.7. The summed E-state index contributed by atoms with van der Waals surface area (Å²) in [5.74, 6) is -1.42. The zero-order valence-corrected chi connectivity index (χ0v) is 19.2. The van der Waals surface area contributed by atoms with Crippen LogP contribution >= 0.6 is 0 Å². The Balaban J connectivity index is 2.10. The van der Waals surface area contributed by atoms with E-state index in [-0.39, 0.29) is 23.3 Å². The van der Waals surface area contributed by atoms with Gasteiger partial charge in [0.1, 0.15) is 11.9 Å². The first-order valence-corrected chi connectivity index (χ1v) is 10.9. The number of halogens is 1. The van der Waals surface area contributed by atoms with E-state index in [1.54, 1.807) is 0 Å². The highest BCUT2D eigenvalue weighted by atomic mass is 19.1. The average Bonchev–Trinajstić information content (AvgIpc) is 2.77. The fraction of sp³-hybridized carbons (Fsp3) is 0.360. The lowest BCUT2D eigenvalue weighted by molar-refractivity contribution is -0.123. The molecule has 0 unspecified atom stereocenters. The average molecular weight is 455 g/mol. The van der Waals surface area contributed by atoms with Gasteiger partial charge in [-0.05, 0) is 55.0 Å². The van der Waals surface area contributed by atoms with Crippen LogP contribution in [0, 0.1) is 11.7 Å². The summed E-state index contributed by atoms with van der Waals surface area (Å²) in [4.78, 5) is 36.8. The number of hydrogen-bond acceptors (Lipinski definition) is 4. The lowest BCUT2D eigenvalue weighted by Crippen LogP contribution is -2.50. The fourth-order valence-electron chi connectivity index (χ4n) is 3.20. The van der Waals surface area contributed by atoms with Crippen LogP contribution in [0.1, 0.15) is 49.5 Å². The van der Waals surface area contributed by atoms with Crippen LogP contribution in [-0.2, 0) is 16.0 Å². The lowest BCUT2D eigenvalue weighted by atomic mass is 10.0. The van der Waals surface area contributed by atoms with E-state index in [4.69, 9.17) is 0 Å². The van der Waals surface area contributed by atoms with Crippen molar-refractivity contribution in [3.05, 3.63) is 71.5 Å². The van der Waals surface area contributed by atoms with Crippen molar-refractivity contribution in [2.24, 2.45) is 11.0 Å². The molecule has 2 rings (SSSR count). The number of amides is 3.